The molecule has 1 saturated carbocycles. The van der Waals surface area contributed by atoms with Crippen LogP contribution in [0.1, 0.15) is 19.3 Å². The highest BCUT2D eigenvalue weighted by molar-refractivity contribution is 7.95. The molecule has 3 atom stereocenters. The molecule has 1 aliphatic rings. The summed E-state index contributed by atoms with van der Waals surface area (Å²) in [5.41, 5.74) is 6.09. The van der Waals surface area contributed by atoms with Crippen LogP contribution in [0.25, 0.3) is 0 Å². The molecule has 0 aromatic rings. The number of hydrogen-bond acceptors (Lipinski definition) is 4. The zero-order valence-corrected chi connectivity index (χ0v) is 14.2. The van der Waals surface area contributed by atoms with E-state index in [9.17, 15) is 9.59 Å². The molecule has 1 rings (SSSR count). The summed E-state index contributed by atoms with van der Waals surface area (Å²) in [7, 11) is 3.78. The van der Waals surface area contributed by atoms with Gasteiger partial charge in [0.05, 0.1) is 12.5 Å². The number of rotatable bonds is 5. The minimum Gasteiger partial charge on any atom is -0.445 e. The van der Waals surface area contributed by atoms with Crippen LogP contribution in [0.2, 0.25) is 0 Å². The minimum absolute atomic E-state index is 0.0359. The van der Waals surface area contributed by atoms with E-state index in [4.69, 9.17) is 10.5 Å². The molecule has 0 spiro atoms. The summed E-state index contributed by atoms with van der Waals surface area (Å²) in [6.07, 6.45) is 5.89. The van der Waals surface area contributed by atoms with Crippen LogP contribution in [0.5, 0.6) is 0 Å². The molecule has 0 heterocycles. The van der Waals surface area contributed by atoms with Crippen LogP contribution in [-0.2, 0) is 20.4 Å². The van der Waals surface area contributed by atoms with Crippen molar-refractivity contribution in [2.24, 2.45) is 11.7 Å². The highest BCUT2D eigenvalue weighted by Crippen LogP contribution is 2.25. The van der Waals surface area contributed by atoms with Gasteiger partial charge in [0.25, 0.3) is 0 Å². The number of amides is 2. The van der Waals surface area contributed by atoms with Crippen molar-refractivity contribution in [2.45, 2.75) is 31.3 Å². The van der Waals surface area contributed by atoms with Crippen molar-refractivity contribution in [1.29, 1.82) is 0 Å². The smallest absolute Gasteiger partial charge is 0.407 e. The van der Waals surface area contributed by atoms with Gasteiger partial charge >= 0.3 is 6.09 Å². The Kier molecular flexibility index (Phi) is 7.31. The van der Waals surface area contributed by atoms with Gasteiger partial charge in [-0.2, -0.15) is 0 Å². The van der Waals surface area contributed by atoms with Crippen LogP contribution < -0.4 is 11.1 Å². The normalized spacial score (nSPS) is 25.5. The van der Waals surface area contributed by atoms with Crippen molar-refractivity contribution in [3.05, 3.63) is 0 Å². The summed E-state index contributed by atoms with van der Waals surface area (Å²) in [5.74, 6) is 0.958. The maximum absolute atomic E-state index is 11.9. The molecule has 1 aliphatic carbocycles. The predicted molar refractivity (Wildman–Crippen MR) is 86.4 cm³/mol. The van der Waals surface area contributed by atoms with Crippen molar-refractivity contribution in [3.8, 4) is 0 Å². The Labute approximate surface area is 130 Å². The summed E-state index contributed by atoms with van der Waals surface area (Å²) in [6.45, 7) is 0.436. The Balaban J connectivity index is 2.35. The highest BCUT2D eigenvalue weighted by atomic mass is 32.2. The van der Waals surface area contributed by atoms with Crippen LogP contribution in [0.15, 0.2) is 0 Å². The molecule has 0 unspecified atom stereocenters. The minimum atomic E-state index is -0.404. The molecule has 0 aliphatic heterocycles. The van der Waals surface area contributed by atoms with Gasteiger partial charge in [0.15, 0.2) is 0 Å². The van der Waals surface area contributed by atoms with Gasteiger partial charge in [0.1, 0.15) is 12.4 Å². The molecule has 2 amide bonds. The number of nitrogens with two attached hydrogens (primary N) is 1. The van der Waals surface area contributed by atoms with Gasteiger partial charge in [-0.25, -0.2) is 4.79 Å². The van der Waals surface area contributed by atoms with E-state index in [1.807, 2.05) is 0 Å². The van der Waals surface area contributed by atoms with Crippen molar-refractivity contribution in [1.82, 2.24) is 10.2 Å². The third-order valence-corrected chi connectivity index (χ3v) is 4.70. The lowest BCUT2D eigenvalue weighted by Gasteiger charge is -2.34. The van der Waals surface area contributed by atoms with Crippen LogP contribution in [-0.4, -0.2) is 68.0 Å². The predicted octanol–water partition coefficient (Wildman–Crippen LogP) is 0.175. The second-order valence-electron chi connectivity index (χ2n) is 5.98. The first kappa shape index (κ1) is 18.1. The standard InChI is InChI=1S/C14H27N3O3S/c1-17(2)13(18)10-5-6-12(11(15)9-10)16-14(19)20-7-8-21(3)4/h10-12H,5-9,15H2,1-4H3/p+1/t10-,11+,12-/m0/s1. The second kappa shape index (κ2) is 8.48. The first-order valence-electron chi connectivity index (χ1n) is 7.25. The van der Waals surface area contributed by atoms with Crippen LogP contribution in [0.4, 0.5) is 4.79 Å². The van der Waals surface area contributed by atoms with Gasteiger partial charge in [-0.1, -0.05) is 0 Å². The van der Waals surface area contributed by atoms with Crippen LogP contribution in [0, 0.1) is 5.92 Å². The largest absolute Gasteiger partial charge is 0.445 e. The monoisotopic (exact) mass is 318 g/mol. The Morgan fingerprint density at radius 1 is 1.33 bits per heavy atom. The SMILES string of the molecule is CN(C)C(=O)[C@H]1CC[C@H](NC(=O)OCC[S+](C)C)[C@H](N)C1. The van der Waals surface area contributed by atoms with Gasteiger partial charge in [-0.05, 0) is 30.2 Å². The van der Waals surface area contributed by atoms with Gasteiger partial charge in [0.2, 0.25) is 5.91 Å². The Hall–Kier alpha value is -0.950. The van der Waals surface area contributed by atoms with E-state index < -0.39 is 6.09 Å². The molecule has 0 bridgehead atoms. The fourth-order valence-electron chi connectivity index (χ4n) is 2.47. The quantitative estimate of drug-likeness (QED) is 0.708. The molecule has 0 aromatic carbocycles. The van der Waals surface area contributed by atoms with Crippen molar-refractivity contribution in [3.63, 3.8) is 0 Å². The summed E-state index contributed by atoms with van der Waals surface area (Å²) >= 11 is 0. The van der Waals surface area contributed by atoms with E-state index in [0.717, 1.165) is 12.2 Å². The molecule has 0 aromatic heterocycles. The first-order chi connectivity index (χ1) is 9.81. The first-order valence-corrected chi connectivity index (χ1v) is 9.46. The van der Waals surface area contributed by atoms with E-state index >= 15 is 0 Å². The number of alkyl carbamates (subject to hydrolysis) is 1. The molecule has 3 N–H and O–H groups in total. The van der Waals surface area contributed by atoms with E-state index in [2.05, 4.69) is 17.8 Å². The van der Waals surface area contributed by atoms with E-state index in [0.29, 0.717) is 19.4 Å². The summed E-state index contributed by atoms with van der Waals surface area (Å²) in [5, 5.41) is 2.82. The number of carbonyl (C=O) groups excluding carboxylic acids is 2. The molecule has 6 nitrogen and oxygen atoms in total. The van der Waals surface area contributed by atoms with Crippen molar-refractivity contribution < 1.29 is 14.3 Å². The topological polar surface area (TPSA) is 84.7 Å². The Morgan fingerprint density at radius 2 is 2.00 bits per heavy atom. The van der Waals surface area contributed by atoms with E-state index in [1.54, 1.807) is 19.0 Å². The van der Waals surface area contributed by atoms with Gasteiger partial charge < -0.3 is 20.7 Å². The zero-order chi connectivity index (χ0) is 16.0. The van der Waals surface area contributed by atoms with Gasteiger partial charge in [0, 0.05) is 32.1 Å². The molecule has 7 heteroatoms. The number of nitrogens with zero attached hydrogens (tertiary/aromatic N) is 1. The third kappa shape index (κ3) is 6.13. The maximum atomic E-state index is 11.9. The lowest BCUT2D eigenvalue weighted by Crippen LogP contribution is -2.52. The summed E-state index contributed by atoms with van der Waals surface area (Å²) in [4.78, 5) is 25.2. The molecule has 21 heavy (non-hydrogen) atoms. The van der Waals surface area contributed by atoms with Crippen molar-refractivity contribution >= 4 is 22.9 Å². The lowest BCUT2D eigenvalue weighted by atomic mass is 9.82. The maximum Gasteiger partial charge on any atom is 0.407 e. The highest BCUT2D eigenvalue weighted by Gasteiger charge is 2.33. The molecule has 0 saturated heterocycles. The fourth-order valence-corrected chi connectivity index (χ4v) is 2.88. The second-order valence-corrected chi connectivity index (χ2v) is 8.36. The molecular formula is C14H28N3O3S+. The van der Waals surface area contributed by atoms with Crippen molar-refractivity contribution in [2.75, 3.05) is 39.0 Å². The molecule has 122 valence electrons. The number of nitrogens with one attached hydrogen (secondary N) is 1. The fraction of sp³-hybridized carbons (Fsp3) is 0.857. The van der Waals surface area contributed by atoms with E-state index in [-0.39, 0.29) is 34.8 Å². The zero-order valence-electron chi connectivity index (χ0n) is 13.4. The average molecular weight is 318 g/mol. The molecular weight excluding hydrogens is 290 g/mol. The van der Waals surface area contributed by atoms with Crippen LogP contribution in [0.3, 0.4) is 0 Å². The van der Waals surface area contributed by atoms with E-state index in [1.165, 1.54) is 0 Å². The summed E-state index contributed by atoms with van der Waals surface area (Å²) < 4.78 is 5.14. The lowest BCUT2D eigenvalue weighted by molar-refractivity contribution is -0.134. The molecule has 1 fully saturated rings. The Morgan fingerprint density at radius 3 is 2.52 bits per heavy atom. The number of ether oxygens (including phenoxy) is 1. The number of hydrogen-bond donors (Lipinski definition) is 2. The van der Waals surface area contributed by atoms with Gasteiger partial charge in [-0.15, -0.1) is 0 Å². The average Bonchev–Trinajstić information content (AvgIpc) is 2.39. The number of carbonyl (C=O) groups is 2. The third-order valence-electron chi connectivity index (χ3n) is 3.72. The van der Waals surface area contributed by atoms with Crippen LogP contribution >= 0.6 is 0 Å². The molecule has 0 radical (unpaired) electrons. The Bertz CT molecular complexity index is 363. The van der Waals surface area contributed by atoms with Gasteiger partial charge in [-0.3, -0.25) is 4.79 Å². The summed E-state index contributed by atoms with van der Waals surface area (Å²) in [6, 6.07) is -0.308.